The largest absolute Gasteiger partial charge is 0.375 e. The molecule has 1 atom stereocenters. The molecule has 4 nitrogen and oxygen atoms in total. The van der Waals surface area contributed by atoms with E-state index in [-0.39, 0.29) is 17.4 Å². The van der Waals surface area contributed by atoms with E-state index in [9.17, 15) is 4.79 Å². The summed E-state index contributed by atoms with van der Waals surface area (Å²) in [6.45, 7) is 9.66. The van der Waals surface area contributed by atoms with E-state index in [4.69, 9.17) is 4.74 Å². The molecule has 1 fully saturated rings. The number of morpholine rings is 1. The molecule has 4 heteroatoms. The molecular weight excluding hydrogens is 204 g/mol. The van der Waals surface area contributed by atoms with Crippen LogP contribution in [0.25, 0.3) is 0 Å². The number of hydrogen-bond donors (Lipinski definition) is 2. The van der Waals surface area contributed by atoms with Crippen molar-refractivity contribution in [3.8, 4) is 0 Å². The molecule has 2 N–H and O–H groups in total. The summed E-state index contributed by atoms with van der Waals surface area (Å²) in [7, 11) is 0. The smallest absolute Gasteiger partial charge is 0.222 e. The predicted molar refractivity (Wildman–Crippen MR) is 64.3 cm³/mol. The van der Waals surface area contributed by atoms with Gasteiger partial charge in [0.1, 0.15) is 0 Å². The standard InChI is InChI=1S/C12H24N2O2/c1-12(2,3)4-5-14-11(15)8-10-9-13-6-7-16-10/h10,13H,4-9H2,1-3H3,(H,14,15). The quantitative estimate of drug-likeness (QED) is 0.752. The zero-order valence-corrected chi connectivity index (χ0v) is 10.6. The van der Waals surface area contributed by atoms with Crippen LogP contribution in [0, 0.1) is 5.41 Å². The second kappa shape index (κ2) is 6.21. The van der Waals surface area contributed by atoms with Gasteiger partial charge in [-0.25, -0.2) is 0 Å². The summed E-state index contributed by atoms with van der Waals surface area (Å²) in [4.78, 5) is 11.6. The van der Waals surface area contributed by atoms with Crippen molar-refractivity contribution in [2.45, 2.75) is 39.7 Å². The first-order valence-corrected chi connectivity index (χ1v) is 6.06. The van der Waals surface area contributed by atoms with Crippen LogP contribution in [-0.4, -0.2) is 38.3 Å². The topological polar surface area (TPSA) is 50.4 Å². The molecule has 1 rings (SSSR count). The molecule has 0 radical (unpaired) electrons. The van der Waals surface area contributed by atoms with Crippen molar-refractivity contribution in [2.24, 2.45) is 5.41 Å². The summed E-state index contributed by atoms with van der Waals surface area (Å²) in [5.41, 5.74) is 0.274. The molecule has 0 aromatic heterocycles. The monoisotopic (exact) mass is 228 g/mol. The molecule has 0 bridgehead atoms. The predicted octanol–water partition coefficient (Wildman–Crippen LogP) is 0.917. The van der Waals surface area contributed by atoms with E-state index in [2.05, 4.69) is 31.4 Å². The molecule has 0 spiro atoms. The van der Waals surface area contributed by atoms with Crippen molar-refractivity contribution in [1.82, 2.24) is 10.6 Å². The third-order valence-corrected chi connectivity index (χ3v) is 2.61. The van der Waals surface area contributed by atoms with Gasteiger partial charge in [0.05, 0.1) is 19.1 Å². The Bertz CT molecular complexity index is 218. The molecule has 1 amide bonds. The Morgan fingerprint density at radius 3 is 2.81 bits per heavy atom. The van der Waals surface area contributed by atoms with Crippen molar-refractivity contribution >= 4 is 5.91 Å². The Balaban J connectivity index is 2.10. The zero-order valence-electron chi connectivity index (χ0n) is 10.6. The van der Waals surface area contributed by atoms with E-state index in [1.54, 1.807) is 0 Å². The van der Waals surface area contributed by atoms with Crippen LogP contribution in [0.4, 0.5) is 0 Å². The highest BCUT2D eigenvalue weighted by atomic mass is 16.5. The summed E-state index contributed by atoms with van der Waals surface area (Å²) < 4.78 is 5.47. The zero-order chi connectivity index (χ0) is 12.0. The first-order chi connectivity index (χ1) is 7.47. The van der Waals surface area contributed by atoms with Gasteiger partial charge in [-0.1, -0.05) is 20.8 Å². The maximum absolute atomic E-state index is 11.6. The molecule has 16 heavy (non-hydrogen) atoms. The van der Waals surface area contributed by atoms with Crippen molar-refractivity contribution in [3.05, 3.63) is 0 Å². The van der Waals surface area contributed by atoms with E-state index >= 15 is 0 Å². The van der Waals surface area contributed by atoms with Crippen LogP contribution >= 0.6 is 0 Å². The van der Waals surface area contributed by atoms with Gasteiger partial charge >= 0.3 is 0 Å². The fourth-order valence-corrected chi connectivity index (χ4v) is 1.61. The van der Waals surface area contributed by atoms with E-state index in [0.717, 1.165) is 26.1 Å². The van der Waals surface area contributed by atoms with Gasteiger partial charge in [0.2, 0.25) is 5.91 Å². The molecule has 1 heterocycles. The Kier molecular flexibility index (Phi) is 5.22. The molecule has 94 valence electrons. The Labute approximate surface area is 98.1 Å². The first-order valence-electron chi connectivity index (χ1n) is 6.06. The number of carbonyl (C=O) groups is 1. The molecule has 1 unspecified atom stereocenters. The Morgan fingerprint density at radius 2 is 2.25 bits per heavy atom. The molecule has 1 aliphatic heterocycles. The van der Waals surface area contributed by atoms with Crippen molar-refractivity contribution < 1.29 is 9.53 Å². The van der Waals surface area contributed by atoms with Gasteiger partial charge in [-0.05, 0) is 11.8 Å². The molecule has 1 aliphatic rings. The summed E-state index contributed by atoms with van der Waals surface area (Å²) in [6.07, 6.45) is 1.52. The average Bonchev–Trinajstić information content (AvgIpc) is 2.17. The van der Waals surface area contributed by atoms with Crippen LogP contribution in [-0.2, 0) is 9.53 Å². The highest BCUT2D eigenvalue weighted by Gasteiger charge is 2.17. The van der Waals surface area contributed by atoms with Crippen LogP contribution in [0.2, 0.25) is 0 Å². The minimum absolute atomic E-state index is 0.0448. The summed E-state index contributed by atoms with van der Waals surface area (Å²) in [5, 5.41) is 6.16. The van der Waals surface area contributed by atoms with Gasteiger partial charge < -0.3 is 15.4 Å². The molecule has 1 saturated heterocycles. The van der Waals surface area contributed by atoms with E-state index in [1.165, 1.54) is 0 Å². The molecular formula is C12H24N2O2. The lowest BCUT2D eigenvalue weighted by Gasteiger charge is -2.23. The fourth-order valence-electron chi connectivity index (χ4n) is 1.61. The van der Waals surface area contributed by atoms with Crippen LogP contribution in [0.5, 0.6) is 0 Å². The number of nitrogens with one attached hydrogen (secondary N) is 2. The lowest BCUT2D eigenvalue weighted by atomic mass is 9.92. The number of hydrogen-bond acceptors (Lipinski definition) is 3. The van der Waals surface area contributed by atoms with Gasteiger partial charge in [-0.3, -0.25) is 4.79 Å². The molecule has 0 aromatic carbocycles. The third kappa shape index (κ3) is 6.08. The highest BCUT2D eigenvalue weighted by molar-refractivity contribution is 5.76. The maximum Gasteiger partial charge on any atom is 0.222 e. The van der Waals surface area contributed by atoms with E-state index in [1.807, 2.05) is 0 Å². The summed E-state index contributed by atoms with van der Waals surface area (Å²) in [6, 6.07) is 0. The van der Waals surface area contributed by atoms with Crippen molar-refractivity contribution in [3.63, 3.8) is 0 Å². The van der Waals surface area contributed by atoms with Crippen LogP contribution in [0.3, 0.4) is 0 Å². The van der Waals surface area contributed by atoms with Crippen LogP contribution < -0.4 is 10.6 Å². The highest BCUT2D eigenvalue weighted by Crippen LogP contribution is 2.16. The van der Waals surface area contributed by atoms with Crippen LogP contribution in [0.1, 0.15) is 33.6 Å². The van der Waals surface area contributed by atoms with E-state index in [0.29, 0.717) is 13.0 Å². The lowest BCUT2D eigenvalue weighted by molar-refractivity contribution is -0.124. The normalized spacial score (nSPS) is 21.8. The van der Waals surface area contributed by atoms with Crippen molar-refractivity contribution in [2.75, 3.05) is 26.2 Å². The van der Waals surface area contributed by atoms with Gasteiger partial charge in [-0.2, -0.15) is 0 Å². The number of amides is 1. The minimum atomic E-state index is 0.0448. The second-order valence-corrected chi connectivity index (χ2v) is 5.56. The number of rotatable bonds is 4. The van der Waals surface area contributed by atoms with E-state index < -0.39 is 0 Å². The molecule has 0 aliphatic carbocycles. The third-order valence-electron chi connectivity index (χ3n) is 2.61. The average molecular weight is 228 g/mol. The number of ether oxygens (including phenoxy) is 1. The number of carbonyl (C=O) groups excluding carboxylic acids is 1. The summed E-state index contributed by atoms with van der Waals surface area (Å²) in [5.74, 6) is 0.0953. The Hall–Kier alpha value is -0.610. The lowest BCUT2D eigenvalue weighted by Crippen LogP contribution is -2.41. The maximum atomic E-state index is 11.6. The fraction of sp³-hybridized carbons (Fsp3) is 0.917. The van der Waals surface area contributed by atoms with Crippen molar-refractivity contribution in [1.29, 1.82) is 0 Å². The van der Waals surface area contributed by atoms with Crippen LogP contribution in [0.15, 0.2) is 0 Å². The summed E-state index contributed by atoms with van der Waals surface area (Å²) >= 11 is 0. The minimum Gasteiger partial charge on any atom is -0.375 e. The van der Waals surface area contributed by atoms with Gasteiger partial charge in [0, 0.05) is 19.6 Å². The second-order valence-electron chi connectivity index (χ2n) is 5.56. The SMILES string of the molecule is CC(C)(C)CCNC(=O)CC1CNCCO1. The van der Waals surface area contributed by atoms with Gasteiger partial charge in [0.15, 0.2) is 0 Å². The van der Waals surface area contributed by atoms with Gasteiger partial charge in [-0.15, -0.1) is 0 Å². The molecule has 0 saturated carbocycles. The molecule has 0 aromatic rings. The Morgan fingerprint density at radius 1 is 1.50 bits per heavy atom. The first kappa shape index (κ1) is 13.5. The van der Waals surface area contributed by atoms with Gasteiger partial charge in [0.25, 0.3) is 0 Å².